The number of nitrogens with zero attached hydrogens (tertiary/aromatic N) is 2. The smallest absolute Gasteiger partial charge is 0.122 e. The van der Waals surface area contributed by atoms with Gasteiger partial charge in [-0.05, 0) is 39.8 Å². The van der Waals surface area contributed by atoms with Crippen LogP contribution in [0.15, 0.2) is 12.1 Å². The average Bonchev–Trinajstić information content (AvgIpc) is 2.11. The number of nitrogen functional groups attached to an aromatic ring is 1. The van der Waals surface area contributed by atoms with E-state index in [2.05, 4.69) is 4.90 Å². The molecular formula is C12H21N3O. The predicted molar refractivity (Wildman–Crippen MR) is 67.3 cm³/mol. The lowest BCUT2D eigenvalue weighted by Crippen LogP contribution is -2.14. The number of rotatable bonds is 4. The number of benzene rings is 1. The zero-order valence-corrected chi connectivity index (χ0v) is 10.5. The van der Waals surface area contributed by atoms with E-state index in [1.807, 2.05) is 39.2 Å². The summed E-state index contributed by atoms with van der Waals surface area (Å²) in [6.07, 6.45) is 0. The second kappa shape index (κ2) is 5.18. The van der Waals surface area contributed by atoms with Gasteiger partial charge in [0, 0.05) is 30.4 Å². The van der Waals surface area contributed by atoms with Gasteiger partial charge in [-0.3, -0.25) is 0 Å². The van der Waals surface area contributed by atoms with Crippen LogP contribution in [0.2, 0.25) is 0 Å². The lowest BCUT2D eigenvalue weighted by Gasteiger charge is -2.16. The number of phenolic OH excluding ortho intramolecular Hbond substituents is 1. The fourth-order valence-electron chi connectivity index (χ4n) is 1.65. The highest BCUT2D eigenvalue weighted by atomic mass is 16.3. The Bertz CT molecular complexity index is 330. The van der Waals surface area contributed by atoms with Crippen LogP contribution in [0.1, 0.15) is 11.1 Å². The van der Waals surface area contributed by atoms with Crippen LogP contribution in [-0.4, -0.2) is 43.1 Å². The maximum atomic E-state index is 9.78. The largest absolute Gasteiger partial charge is 0.508 e. The Labute approximate surface area is 97.3 Å². The van der Waals surface area contributed by atoms with Gasteiger partial charge >= 0.3 is 0 Å². The number of aromatic hydroxyl groups is 1. The maximum Gasteiger partial charge on any atom is 0.122 e. The van der Waals surface area contributed by atoms with Gasteiger partial charge in [0.15, 0.2) is 0 Å². The van der Waals surface area contributed by atoms with Crippen molar-refractivity contribution in [1.82, 2.24) is 9.80 Å². The maximum absolute atomic E-state index is 9.78. The minimum Gasteiger partial charge on any atom is -0.508 e. The summed E-state index contributed by atoms with van der Waals surface area (Å²) in [4.78, 5) is 4.08. The van der Waals surface area contributed by atoms with E-state index in [0.717, 1.165) is 17.7 Å². The average molecular weight is 223 g/mol. The zero-order chi connectivity index (χ0) is 12.3. The molecule has 0 aliphatic rings. The fraction of sp³-hybridized carbons (Fsp3) is 0.500. The minimum atomic E-state index is 0.272. The van der Waals surface area contributed by atoms with E-state index in [1.165, 1.54) is 0 Å². The lowest BCUT2D eigenvalue weighted by atomic mass is 10.1. The number of nitrogens with two attached hydrogens (primary N) is 1. The van der Waals surface area contributed by atoms with Crippen LogP contribution in [0.25, 0.3) is 0 Å². The third kappa shape index (κ3) is 3.40. The van der Waals surface area contributed by atoms with Crippen molar-refractivity contribution in [3.8, 4) is 5.75 Å². The fourth-order valence-corrected chi connectivity index (χ4v) is 1.65. The van der Waals surface area contributed by atoms with Crippen molar-refractivity contribution in [1.29, 1.82) is 0 Å². The quantitative estimate of drug-likeness (QED) is 0.750. The van der Waals surface area contributed by atoms with Crippen molar-refractivity contribution in [2.75, 3.05) is 33.9 Å². The number of anilines is 1. The van der Waals surface area contributed by atoms with Gasteiger partial charge in [-0.2, -0.15) is 0 Å². The van der Waals surface area contributed by atoms with Gasteiger partial charge in [-0.1, -0.05) is 0 Å². The van der Waals surface area contributed by atoms with Gasteiger partial charge in [0.1, 0.15) is 5.75 Å². The predicted octanol–water partition coefficient (Wildman–Crippen LogP) is 1.10. The Morgan fingerprint density at radius 3 is 2.00 bits per heavy atom. The number of hydrogen-bond donors (Lipinski definition) is 2. The molecule has 0 aromatic heterocycles. The van der Waals surface area contributed by atoms with Crippen LogP contribution in [-0.2, 0) is 13.1 Å². The van der Waals surface area contributed by atoms with Crippen LogP contribution >= 0.6 is 0 Å². The van der Waals surface area contributed by atoms with Crippen LogP contribution in [0.3, 0.4) is 0 Å². The molecule has 1 aromatic carbocycles. The first kappa shape index (κ1) is 12.8. The summed E-state index contributed by atoms with van der Waals surface area (Å²) in [6, 6.07) is 3.61. The van der Waals surface area contributed by atoms with E-state index in [0.29, 0.717) is 12.2 Å². The molecule has 0 aliphatic carbocycles. The molecule has 0 spiro atoms. The van der Waals surface area contributed by atoms with E-state index in [9.17, 15) is 5.11 Å². The number of hydrogen-bond acceptors (Lipinski definition) is 4. The SMILES string of the molecule is CN(C)Cc1cc(CN(C)C)c(O)cc1N. The van der Waals surface area contributed by atoms with Crippen LogP contribution in [0, 0.1) is 0 Å². The van der Waals surface area contributed by atoms with Gasteiger partial charge in [0.25, 0.3) is 0 Å². The van der Waals surface area contributed by atoms with Gasteiger partial charge in [-0.25, -0.2) is 0 Å². The zero-order valence-electron chi connectivity index (χ0n) is 10.5. The molecule has 0 heterocycles. The molecule has 1 aromatic rings. The summed E-state index contributed by atoms with van der Waals surface area (Å²) in [5.74, 6) is 0.272. The third-order valence-electron chi connectivity index (χ3n) is 2.31. The summed E-state index contributed by atoms with van der Waals surface area (Å²) in [5.41, 5.74) is 8.48. The Balaban J connectivity index is 3.01. The first-order chi connectivity index (χ1) is 7.40. The molecule has 16 heavy (non-hydrogen) atoms. The number of phenols is 1. The highest BCUT2D eigenvalue weighted by Gasteiger charge is 2.08. The first-order valence-electron chi connectivity index (χ1n) is 5.30. The summed E-state index contributed by atoms with van der Waals surface area (Å²) in [5, 5.41) is 9.78. The minimum absolute atomic E-state index is 0.272. The van der Waals surface area contributed by atoms with Crippen molar-refractivity contribution >= 4 is 5.69 Å². The van der Waals surface area contributed by atoms with Gasteiger partial charge < -0.3 is 20.6 Å². The van der Waals surface area contributed by atoms with E-state index in [1.54, 1.807) is 6.07 Å². The van der Waals surface area contributed by atoms with Gasteiger partial charge in [-0.15, -0.1) is 0 Å². The van der Waals surface area contributed by atoms with Crippen LogP contribution in [0.4, 0.5) is 5.69 Å². The molecule has 0 saturated carbocycles. The summed E-state index contributed by atoms with van der Waals surface area (Å²) in [6.45, 7) is 1.50. The summed E-state index contributed by atoms with van der Waals surface area (Å²) < 4.78 is 0. The van der Waals surface area contributed by atoms with Gasteiger partial charge in [0.2, 0.25) is 0 Å². The first-order valence-corrected chi connectivity index (χ1v) is 5.30. The van der Waals surface area contributed by atoms with Crippen molar-refractivity contribution < 1.29 is 5.11 Å². The third-order valence-corrected chi connectivity index (χ3v) is 2.31. The molecule has 0 amide bonds. The van der Waals surface area contributed by atoms with E-state index < -0.39 is 0 Å². The second-order valence-corrected chi connectivity index (χ2v) is 4.66. The molecule has 0 radical (unpaired) electrons. The molecule has 0 unspecified atom stereocenters. The highest BCUT2D eigenvalue weighted by molar-refractivity contribution is 5.54. The molecule has 0 saturated heterocycles. The molecule has 4 heteroatoms. The topological polar surface area (TPSA) is 52.7 Å². The molecule has 3 N–H and O–H groups in total. The van der Waals surface area contributed by atoms with Crippen LogP contribution < -0.4 is 5.73 Å². The molecule has 0 atom stereocenters. The molecule has 90 valence electrons. The van der Waals surface area contributed by atoms with Crippen LogP contribution in [0.5, 0.6) is 5.75 Å². The van der Waals surface area contributed by atoms with E-state index in [4.69, 9.17) is 5.73 Å². The monoisotopic (exact) mass is 223 g/mol. The molecule has 0 aliphatic heterocycles. The van der Waals surface area contributed by atoms with Crippen molar-refractivity contribution in [3.05, 3.63) is 23.3 Å². The summed E-state index contributed by atoms with van der Waals surface area (Å²) in [7, 11) is 7.94. The Hall–Kier alpha value is -1.26. The van der Waals surface area contributed by atoms with E-state index in [-0.39, 0.29) is 5.75 Å². The Kier molecular flexibility index (Phi) is 4.15. The highest BCUT2D eigenvalue weighted by Crippen LogP contribution is 2.25. The van der Waals surface area contributed by atoms with Gasteiger partial charge in [0.05, 0.1) is 0 Å². The molecule has 1 rings (SSSR count). The summed E-state index contributed by atoms with van der Waals surface area (Å²) >= 11 is 0. The van der Waals surface area contributed by atoms with Crippen molar-refractivity contribution in [2.24, 2.45) is 0 Å². The Morgan fingerprint density at radius 2 is 1.50 bits per heavy atom. The molecule has 0 fully saturated rings. The van der Waals surface area contributed by atoms with E-state index >= 15 is 0 Å². The van der Waals surface area contributed by atoms with Crippen molar-refractivity contribution in [3.63, 3.8) is 0 Å². The normalized spacial score (nSPS) is 11.4. The standard InChI is InChI=1S/C12H21N3O/c1-14(2)7-9-5-10(8-15(3)4)12(16)6-11(9)13/h5-6,16H,7-8,13H2,1-4H3. The molecule has 4 nitrogen and oxygen atoms in total. The Morgan fingerprint density at radius 1 is 1.00 bits per heavy atom. The van der Waals surface area contributed by atoms with Crippen molar-refractivity contribution in [2.45, 2.75) is 13.1 Å². The lowest BCUT2D eigenvalue weighted by molar-refractivity contribution is 0.382. The molecular weight excluding hydrogens is 202 g/mol. The molecule has 0 bridgehead atoms. The second-order valence-electron chi connectivity index (χ2n) is 4.66.